The van der Waals surface area contributed by atoms with Gasteiger partial charge in [-0.1, -0.05) is 17.7 Å². The van der Waals surface area contributed by atoms with Crippen molar-refractivity contribution in [3.05, 3.63) is 23.8 Å². The van der Waals surface area contributed by atoms with Gasteiger partial charge in [0.05, 0.1) is 6.10 Å². The number of hydrogen-bond donors (Lipinski definition) is 1. The minimum Gasteiger partial charge on any atom is -0.392 e. The van der Waals surface area contributed by atoms with E-state index in [-0.39, 0.29) is 23.2 Å². The van der Waals surface area contributed by atoms with Crippen molar-refractivity contribution in [1.29, 1.82) is 0 Å². The first-order chi connectivity index (χ1) is 9.54. The normalized spacial score (nSPS) is 43.9. The highest BCUT2D eigenvalue weighted by Gasteiger charge is 2.57. The first-order valence-electron chi connectivity index (χ1n) is 7.79. The predicted molar refractivity (Wildman–Crippen MR) is 79.3 cm³/mol. The number of likely N-dealkylation sites (N-methyl/N-ethyl adjacent to an activating group) is 1. The van der Waals surface area contributed by atoms with Crippen molar-refractivity contribution in [2.75, 3.05) is 20.1 Å². The molecule has 0 unspecified atom stereocenters. The molecule has 1 N–H and O–H groups in total. The Morgan fingerprint density at radius 1 is 1.45 bits per heavy atom. The monoisotopic (exact) mass is 275 g/mol. The van der Waals surface area contributed by atoms with Gasteiger partial charge in [0, 0.05) is 17.9 Å². The van der Waals surface area contributed by atoms with Crippen molar-refractivity contribution >= 4 is 5.78 Å². The van der Waals surface area contributed by atoms with E-state index in [0.29, 0.717) is 5.92 Å². The molecule has 3 nitrogen and oxygen atoms in total. The highest BCUT2D eigenvalue weighted by molar-refractivity contribution is 5.97. The molecule has 0 aromatic heterocycles. The van der Waals surface area contributed by atoms with Gasteiger partial charge in [-0.05, 0) is 58.2 Å². The van der Waals surface area contributed by atoms with Crippen molar-refractivity contribution in [3.63, 3.8) is 0 Å². The largest absolute Gasteiger partial charge is 0.392 e. The summed E-state index contributed by atoms with van der Waals surface area (Å²) in [5.41, 5.74) is 0.847. The maximum Gasteiger partial charge on any atom is 0.162 e. The molecule has 3 aliphatic rings. The summed E-state index contributed by atoms with van der Waals surface area (Å²) >= 11 is 0. The summed E-state index contributed by atoms with van der Waals surface area (Å²) in [6.07, 6.45) is 9.46. The van der Waals surface area contributed by atoms with Gasteiger partial charge in [-0.25, -0.2) is 0 Å². The standard InChI is InChI=1S/C17H25NO2/c1-12-9-13-11-15(19)14-5-3-7-18(2)8-4-6-17(13,14)16(20)10-12/h3,5,10,13-15,19H,4,6-9,11H2,1-2H3/b5-3-/t13-,14-,15+,17-/m0/s1. The van der Waals surface area contributed by atoms with Gasteiger partial charge in [0.2, 0.25) is 0 Å². The van der Waals surface area contributed by atoms with Gasteiger partial charge in [-0.15, -0.1) is 0 Å². The lowest BCUT2D eigenvalue weighted by Crippen LogP contribution is -2.43. The second kappa shape index (κ2) is 5.12. The Hall–Kier alpha value is -0.930. The molecule has 0 aromatic rings. The van der Waals surface area contributed by atoms with E-state index >= 15 is 0 Å². The minimum absolute atomic E-state index is 0.0100. The van der Waals surface area contributed by atoms with E-state index in [4.69, 9.17) is 0 Å². The number of aliphatic hydroxyl groups excluding tert-OH is 1. The van der Waals surface area contributed by atoms with Crippen LogP contribution in [0, 0.1) is 17.3 Å². The molecular weight excluding hydrogens is 250 g/mol. The van der Waals surface area contributed by atoms with Crippen LogP contribution in [0.1, 0.15) is 32.6 Å². The van der Waals surface area contributed by atoms with E-state index < -0.39 is 0 Å². The number of rotatable bonds is 0. The molecule has 1 fully saturated rings. The van der Waals surface area contributed by atoms with Crippen LogP contribution in [0.2, 0.25) is 0 Å². The Kier molecular flexibility index (Phi) is 3.59. The van der Waals surface area contributed by atoms with Crippen LogP contribution in [0.5, 0.6) is 0 Å². The highest BCUT2D eigenvalue weighted by Crippen LogP contribution is 2.56. The Bertz CT molecular complexity index is 468. The topological polar surface area (TPSA) is 40.5 Å². The Morgan fingerprint density at radius 3 is 3.05 bits per heavy atom. The highest BCUT2D eigenvalue weighted by atomic mass is 16.3. The van der Waals surface area contributed by atoms with Crippen LogP contribution < -0.4 is 0 Å². The molecule has 20 heavy (non-hydrogen) atoms. The zero-order valence-corrected chi connectivity index (χ0v) is 12.5. The van der Waals surface area contributed by atoms with E-state index in [1.807, 2.05) is 13.0 Å². The molecule has 3 heteroatoms. The zero-order chi connectivity index (χ0) is 14.3. The maximum atomic E-state index is 12.8. The van der Waals surface area contributed by atoms with Gasteiger partial charge in [0.1, 0.15) is 0 Å². The fourth-order valence-electron chi connectivity index (χ4n) is 4.61. The summed E-state index contributed by atoms with van der Waals surface area (Å²) in [5, 5.41) is 10.5. The molecule has 1 aliphatic heterocycles. The first-order valence-corrected chi connectivity index (χ1v) is 7.79. The van der Waals surface area contributed by atoms with Crippen LogP contribution in [0.3, 0.4) is 0 Å². The van der Waals surface area contributed by atoms with Crippen LogP contribution in [-0.4, -0.2) is 42.0 Å². The lowest BCUT2D eigenvalue weighted by Gasteiger charge is -2.40. The van der Waals surface area contributed by atoms with Gasteiger partial charge < -0.3 is 10.0 Å². The molecule has 1 heterocycles. The third-order valence-corrected chi connectivity index (χ3v) is 5.56. The minimum atomic E-state index is -0.358. The average Bonchev–Trinajstić information content (AvgIpc) is 2.67. The number of carbonyl (C=O) groups excluding carboxylic acids is 1. The fraction of sp³-hybridized carbons (Fsp3) is 0.706. The Morgan fingerprint density at radius 2 is 2.25 bits per heavy atom. The van der Waals surface area contributed by atoms with Gasteiger partial charge in [-0.2, -0.15) is 0 Å². The van der Waals surface area contributed by atoms with Gasteiger partial charge in [0.25, 0.3) is 0 Å². The number of hydrogen-bond acceptors (Lipinski definition) is 3. The van der Waals surface area contributed by atoms with E-state index in [2.05, 4.69) is 24.1 Å². The Labute approximate surface area is 121 Å². The molecule has 1 spiro atoms. The second-order valence-electron chi connectivity index (χ2n) is 6.92. The molecule has 1 saturated carbocycles. The molecule has 2 aliphatic carbocycles. The summed E-state index contributed by atoms with van der Waals surface area (Å²) in [4.78, 5) is 15.1. The SMILES string of the molecule is CC1=CC(=O)[C@]23CCCN(C)C/C=C\[C@H]2[C@H](O)C[C@@H]3C1. The first kappa shape index (κ1) is 14.0. The number of nitrogens with zero attached hydrogens (tertiary/aromatic N) is 1. The van der Waals surface area contributed by atoms with Crippen LogP contribution in [0.15, 0.2) is 23.8 Å². The van der Waals surface area contributed by atoms with Gasteiger partial charge in [0.15, 0.2) is 5.78 Å². The van der Waals surface area contributed by atoms with Crippen LogP contribution in [0.4, 0.5) is 0 Å². The van der Waals surface area contributed by atoms with Crippen molar-refractivity contribution in [2.24, 2.45) is 17.3 Å². The molecule has 110 valence electrons. The van der Waals surface area contributed by atoms with Crippen LogP contribution in [-0.2, 0) is 4.79 Å². The van der Waals surface area contributed by atoms with Gasteiger partial charge in [-0.3, -0.25) is 4.79 Å². The fourth-order valence-corrected chi connectivity index (χ4v) is 4.61. The smallest absolute Gasteiger partial charge is 0.162 e. The van der Waals surface area contributed by atoms with Crippen molar-refractivity contribution in [2.45, 2.75) is 38.7 Å². The Balaban J connectivity index is 2.01. The number of allylic oxidation sites excluding steroid dienone is 2. The third-order valence-electron chi connectivity index (χ3n) is 5.56. The molecule has 0 aromatic carbocycles. The molecule has 0 radical (unpaired) electrons. The summed E-state index contributed by atoms with van der Waals surface area (Å²) in [5.74, 6) is 0.603. The number of ketones is 1. The lowest BCUT2D eigenvalue weighted by molar-refractivity contribution is -0.129. The number of carbonyl (C=O) groups is 1. The average molecular weight is 275 g/mol. The van der Waals surface area contributed by atoms with Crippen molar-refractivity contribution < 1.29 is 9.90 Å². The van der Waals surface area contributed by atoms with Crippen LogP contribution in [0.25, 0.3) is 0 Å². The predicted octanol–water partition coefficient (Wildman–Crippen LogP) is 2.17. The molecule has 4 atom stereocenters. The summed E-state index contributed by atoms with van der Waals surface area (Å²) in [6, 6.07) is 0. The molecule has 3 rings (SSSR count). The number of aliphatic hydroxyl groups is 1. The molecule has 0 saturated heterocycles. The zero-order valence-electron chi connectivity index (χ0n) is 12.5. The maximum absolute atomic E-state index is 12.8. The lowest BCUT2D eigenvalue weighted by atomic mass is 9.61. The molecule has 0 amide bonds. The van der Waals surface area contributed by atoms with E-state index in [1.165, 1.54) is 5.57 Å². The van der Waals surface area contributed by atoms with Crippen molar-refractivity contribution in [1.82, 2.24) is 4.90 Å². The molecule has 0 bridgehead atoms. The summed E-state index contributed by atoms with van der Waals surface area (Å²) in [6.45, 7) is 3.98. The van der Waals surface area contributed by atoms with Gasteiger partial charge >= 0.3 is 0 Å². The quantitative estimate of drug-likeness (QED) is 0.689. The van der Waals surface area contributed by atoms with E-state index in [1.54, 1.807) is 0 Å². The summed E-state index contributed by atoms with van der Waals surface area (Å²) < 4.78 is 0. The van der Waals surface area contributed by atoms with Crippen molar-refractivity contribution in [3.8, 4) is 0 Å². The summed E-state index contributed by atoms with van der Waals surface area (Å²) in [7, 11) is 2.11. The second-order valence-corrected chi connectivity index (χ2v) is 6.92. The molecular formula is C17H25NO2. The van der Waals surface area contributed by atoms with Crippen LogP contribution >= 0.6 is 0 Å². The van der Waals surface area contributed by atoms with E-state index in [9.17, 15) is 9.90 Å². The van der Waals surface area contributed by atoms with E-state index in [0.717, 1.165) is 38.8 Å². The third kappa shape index (κ3) is 2.08.